The Morgan fingerprint density at radius 3 is 2.76 bits per heavy atom. The normalized spacial score (nSPS) is 16.7. The molecule has 1 aliphatic heterocycles. The van der Waals surface area contributed by atoms with E-state index in [1.807, 2.05) is 6.92 Å². The summed E-state index contributed by atoms with van der Waals surface area (Å²) in [6.45, 7) is 2.25. The molecular weight excluding hydrogens is 460 g/mol. The third-order valence-electron chi connectivity index (χ3n) is 4.11. The number of hydrogen-bond acceptors (Lipinski definition) is 6. The summed E-state index contributed by atoms with van der Waals surface area (Å²) in [4.78, 5) is 30.4. The minimum atomic E-state index is -1.04. The smallest absolute Gasteiger partial charge is 0.335 e. The summed E-state index contributed by atoms with van der Waals surface area (Å²) < 4.78 is 5.74. The quantitative estimate of drug-likeness (QED) is 0.616. The monoisotopic (exact) mass is 476 g/mol. The van der Waals surface area contributed by atoms with Gasteiger partial charge in [0.25, 0.3) is 5.91 Å². The molecule has 1 saturated heterocycles. The van der Waals surface area contributed by atoms with Crippen LogP contribution in [-0.4, -0.2) is 45.8 Å². The highest BCUT2D eigenvalue weighted by Gasteiger charge is 2.32. The molecule has 1 amide bonds. The Bertz CT molecular complexity index is 1050. The lowest BCUT2D eigenvalue weighted by molar-refractivity contribution is -0.122. The van der Waals surface area contributed by atoms with Gasteiger partial charge in [0.15, 0.2) is 16.7 Å². The molecule has 29 heavy (non-hydrogen) atoms. The lowest BCUT2D eigenvalue weighted by atomic mass is 10.2. The summed E-state index contributed by atoms with van der Waals surface area (Å²) in [5.74, 6) is -0.962. The number of amides is 1. The maximum atomic E-state index is 12.8. The van der Waals surface area contributed by atoms with E-state index in [1.165, 1.54) is 42.0 Å². The fourth-order valence-electron chi connectivity index (χ4n) is 2.66. The number of thioether (sulfide) groups is 1. The number of phenolic OH excluding ortho intramolecular Hbond substituents is 1. The zero-order chi connectivity index (χ0) is 21.1. The van der Waals surface area contributed by atoms with Crippen molar-refractivity contribution in [3.05, 3.63) is 56.9 Å². The molecule has 1 heterocycles. The van der Waals surface area contributed by atoms with E-state index in [1.54, 1.807) is 24.3 Å². The standard InChI is InChI=1S/C20H17BrN2O5S/c1-3-23-18(25)17(9-12-8-16(28-2)15(24)10-14(12)21)29-20(23)22-13-6-4-5-11(7-13)19(26)27/h4-10,24H,3H2,1-2H3,(H,26,27). The number of carboxylic acids is 1. The predicted octanol–water partition coefficient (Wildman–Crippen LogP) is 4.49. The van der Waals surface area contributed by atoms with E-state index in [4.69, 9.17) is 9.84 Å². The molecule has 0 spiro atoms. The van der Waals surface area contributed by atoms with Gasteiger partial charge in [-0.15, -0.1) is 0 Å². The molecule has 0 aromatic heterocycles. The molecule has 2 aromatic rings. The molecule has 0 radical (unpaired) electrons. The van der Waals surface area contributed by atoms with E-state index in [0.717, 1.165) is 0 Å². The number of aromatic hydroxyl groups is 1. The SMILES string of the molecule is CCN1C(=O)C(=Cc2cc(OC)c(O)cc2Br)SC1=Nc1cccc(C(=O)O)c1. The lowest BCUT2D eigenvalue weighted by Gasteiger charge is -2.12. The molecule has 0 bridgehead atoms. The Balaban J connectivity index is 1.98. The highest BCUT2D eigenvalue weighted by Crippen LogP contribution is 2.38. The fraction of sp³-hybridized carbons (Fsp3) is 0.150. The third-order valence-corrected chi connectivity index (χ3v) is 5.80. The van der Waals surface area contributed by atoms with Gasteiger partial charge in [-0.3, -0.25) is 9.69 Å². The largest absolute Gasteiger partial charge is 0.504 e. The third kappa shape index (κ3) is 4.46. The highest BCUT2D eigenvalue weighted by molar-refractivity contribution is 9.10. The van der Waals surface area contributed by atoms with Gasteiger partial charge in [-0.1, -0.05) is 22.0 Å². The van der Waals surface area contributed by atoms with Crippen molar-refractivity contribution in [3.8, 4) is 11.5 Å². The van der Waals surface area contributed by atoms with Gasteiger partial charge < -0.3 is 14.9 Å². The zero-order valence-corrected chi connectivity index (χ0v) is 18.0. The fourth-order valence-corrected chi connectivity index (χ4v) is 4.16. The van der Waals surface area contributed by atoms with Gasteiger partial charge in [0, 0.05) is 11.0 Å². The number of amidine groups is 1. The molecule has 9 heteroatoms. The van der Waals surface area contributed by atoms with Crippen LogP contribution < -0.4 is 4.74 Å². The van der Waals surface area contributed by atoms with E-state index >= 15 is 0 Å². The Hall–Kier alpha value is -2.78. The second kappa shape index (κ2) is 8.71. The maximum Gasteiger partial charge on any atom is 0.335 e. The Morgan fingerprint density at radius 1 is 1.34 bits per heavy atom. The Morgan fingerprint density at radius 2 is 2.10 bits per heavy atom. The number of methoxy groups -OCH3 is 1. The van der Waals surface area contributed by atoms with Crippen LogP contribution in [0, 0.1) is 0 Å². The van der Waals surface area contributed by atoms with E-state index in [0.29, 0.717) is 38.1 Å². The Labute approximate surface area is 179 Å². The van der Waals surface area contributed by atoms with Crippen molar-refractivity contribution in [2.24, 2.45) is 4.99 Å². The van der Waals surface area contributed by atoms with Crippen molar-refractivity contribution in [1.29, 1.82) is 0 Å². The summed E-state index contributed by atoms with van der Waals surface area (Å²) >= 11 is 4.58. The molecule has 0 unspecified atom stereocenters. The van der Waals surface area contributed by atoms with Gasteiger partial charge in [-0.05, 0) is 60.7 Å². The number of likely N-dealkylation sites (N-methyl/N-ethyl adjacent to an activating group) is 1. The predicted molar refractivity (Wildman–Crippen MR) is 116 cm³/mol. The number of carboxylic acid groups (broad SMARTS) is 1. The first kappa shape index (κ1) is 20.9. The first-order valence-electron chi connectivity index (χ1n) is 8.54. The van der Waals surface area contributed by atoms with Crippen molar-refractivity contribution < 1.29 is 24.5 Å². The molecule has 150 valence electrons. The first-order valence-corrected chi connectivity index (χ1v) is 10.1. The van der Waals surface area contributed by atoms with Gasteiger partial charge in [0.1, 0.15) is 0 Å². The summed E-state index contributed by atoms with van der Waals surface area (Å²) in [5.41, 5.74) is 1.24. The zero-order valence-electron chi connectivity index (χ0n) is 15.5. The van der Waals surface area contributed by atoms with Crippen LogP contribution in [0.25, 0.3) is 6.08 Å². The lowest BCUT2D eigenvalue weighted by Crippen LogP contribution is -2.28. The van der Waals surface area contributed by atoms with Gasteiger partial charge in [-0.25, -0.2) is 9.79 Å². The number of carbonyl (C=O) groups is 2. The van der Waals surface area contributed by atoms with Crippen LogP contribution in [0.4, 0.5) is 5.69 Å². The average molecular weight is 477 g/mol. The van der Waals surface area contributed by atoms with Gasteiger partial charge in [-0.2, -0.15) is 0 Å². The van der Waals surface area contributed by atoms with Crippen molar-refractivity contribution >= 4 is 56.5 Å². The number of carbonyl (C=O) groups excluding carboxylic acids is 1. The highest BCUT2D eigenvalue weighted by atomic mass is 79.9. The van der Waals surface area contributed by atoms with Crippen LogP contribution in [0.1, 0.15) is 22.8 Å². The van der Waals surface area contributed by atoms with Crippen molar-refractivity contribution in [1.82, 2.24) is 4.90 Å². The van der Waals surface area contributed by atoms with E-state index in [2.05, 4.69) is 20.9 Å². The van der Waals surface area contributed by atoms with Crippen LogP contribution in [0.5, 0.6) is 11.5 Å². The molecule has 0 aliphatic carbocycles. The van der Waals surface area contributed by atoms with Crippen molar-refractivity contribution in [3.63, 3.8) is 0 Å². The summed E-state index contributed by atoms with van der Waals surface area (Å²) in [6, 6.07) is 9.36. The topological polar surface area (TPSA) is 99.4 Å². The maximum absolute atomic E-state index is 12.8. The number of nitrogens with zero attached hydrogens (tertiary/aromatic N) is 2. The van der Waals surface area contributed by atoms with Gasteiger partial charge >= 0.3 is 5.97 Å². The minimum absolute atomic E-state index is 0.0114. The molecule has 2 N–H and O–H groups in total. The Kier molecular flexibility index (Phi) is 6.29. The van der Waals surface area contributed by atoms with Gasteiger partial charge in [0.05, 0.1) is 23.3 Å². The molecule has 0 atom stereocenters. The minimum Gasteiger partial charge on any atom is -0.504 e. The summed E-state index contributed by atoms with van der Waals surface area (Å²) in [6.07, 6.45) is 1.69. The number of aliphatic imine (C=N–C) groups is 1. The second-order valence-electron chi connectivity index (χ2n) is 5.96. The van der Waals surface area contributed by atoms with E-state index < -0.39 is 5.97 Å². The van der Waals surface area contributed by atoms with Crippen LogP contribution in [0.15, 0.2) is 50.8 Å². The molecular formula is C20H17BrN2O5S. The van der Waals surface area contributed by atoms with Crippen LogP contribution >= 0.6 is 27.7 Å². The number of hydrogen-bond donors (Lipinski definition) is 2. The summed E-state index contributed by atoms with van der Waals surface area (Å²) in [7, 11) is 1.45. The summed E-state index contributed by atoms with van der Waals surface area (Å²) in [5, 5.41) is 19.5. The number of benzene rings is 2. The molecule has 0 saturated carbocycles. The van der Waals surface area contributed by atoms with Crippen LogP contribution in [0.2, 0.25) is 0 Å². The number of halogens is 1. The first-order chi connectivity index (χ1) is 13.8. The van der Waals surface area contributed by atoms with Crippen molar-refractivity contribution in [2.45, 2.75) is 6.92 Å². The van der Waals surface area contributed by atoms with Crippen molar-refractivity contribution in [2.75, 3.05) is 13.7 Å². The van der Waals surface area contributed by atoms with Crippen LogP contribution in [0.3, 0.4) is 0 Å². The number of rotatable bonds is 5. The number of phenols is 1. The number of ether oxygens (including phenoxy) is 1. The van der Waals surface area contributed by atoms with E-state index in [-0.39, 0.29) is 17.2 Å². The molecule has 2 aromatic carbocycles. The second-order valence-corrected chi connectivity index (χ2v) is 7.82. The van der Waals surface area contributed by atoms with Crippen LogP contribution in [-0.2, 0) is 4.79 Å². The molecule has 3 rings (SSSR count). The average Bonchev–Trinajstić information content (AvgIpc) is 2.98. The van der Waals surface area contributed by atoms with E-state index in [9.17, 15) is 14.7 Å². The molecule has 7 nitrogen and oxygen atoms in total. The van der Waals surface area contributed by atoms with Gasteiger partial charge in [0.2, 0.25) is 0 Å². The number of aromatic carboxylic acids is 1. The molecule has 1 fully saturated rings. The molecule has 1 aliphatic rings.